The van der Waals surface area contributed by atoms with Gasteiger partial charge in [-0.25, -0.2) is 4.39 Å². The molecule has 0 N–H and O–H groups in total. The summed E-state index contributed by atoms with van der Waals surface area (Å²) in [5.41, 5.74) is -0.983. The predicted molar refractivity (Wildman–Crippen MR) is 36.4 cm³/mol. The molecule has 1 rings (SSSR count). The molecule has 0 spiro atoms. The Bertz CT molecular complexity index is 465. The Morgan fingerprint density at radius 3 is 3.30 bits per heavy atom. The van der Waals surface area contributed by atoms with Gasteiger partial charge < -0.3 is 0 Å². The highest BCUT2D eigenvalue weighted by Gasteiger charge is 1.97. The average Bonchev–Trinajstić information content (AvgIpc) is 2.22. The molecule has 0 heterocycles. The highest BCUT2D eigenvalue weighted by atomic mass is 19.1. The predicted octanol–water partition coefficient (Wildman–Crippen LogP) is 2.03. The molecule has 0 unspecified atom stereocenters. The van der Waals surface area contributed by atoms with E-state index >= 15 is 0 Å². The van der Waals surface area contributed by atoms with E-state index in [0.717, 1.165) is 0 Å². The Balaban J connectivity index is 3.62. The summed E-state index contributed by atoms with van der Waals surface area (Å²) in [6.07, 6.45) is 0. The van der Waals surface area contributed by atoms with Crippen LogP contribution in [0.4, 0.5) is 4.39 Å². The normalized spacial score (nSPS) is 20.7. The Kier molecular flexibility index (Phi) is 0.561. The molecule has 0 radical (unpaired) electrons. The number of hydrogen-bond acceptors (Lipinski definition) is 1. The number of Topliss-reactive ketones (excluding diaryl/α,β-unsaturated/α-hetero) is 1. The maximum Gasteiger partial charge on any atom is 0.159 e. The van der Waals surface area contributed by atoms with E-state index in [-0.39, 0.29) is 0 Å². The molecule has 0 saturated heterocycles. The molecule has 0 amide bonds. The van der Waals surface area contributed by atoms with Gasteiger partial charge in [-0.05, 0) is 18.9 Å². The van der Waals surface area contributed by atoms with Crippen molar-refractivity contribution in [2.45, 2.75) is 6.85 Å². The maximum atomic E-state index is 13.3. The second-order valence-corrected chi connectivity index (χ2v) is 1.52. The highest BCUT2D eigenvalue weighted by molar-refractivity contribution is 5.93. The third-order valence-electron chi connectivity index (χ3n) is 0.822. The van der Waals surface area contributed by atoms with Crippen LogP contribution in [0.15, 0.2) is 24.2 Å². The molecule has 10 heavy (non-hydrogen) atoms. The van der Waals surface area contributed by atoms with Gasteiger partial charge in [0.05, 0.1) is 5.48 Å². The topological polar surface area (TPSA) is 17.1 Å². The van der Waals surface area contributed by atoms with Gasteiger partial charge in [-0.2, -0.15) is 0 Å². The van der Waals surface area contributed by atoms with Crippen LogP contribution in [0.25, 0.3) is 0 Å². The third kappa shape index (κ3) is 1.41. The van der Waals surface area contributed by atoms with E-state index in [1.807, 2.05) is 0 Å². The van der Waals surface area contributed by atoms with Crippen molar-refractivity contribution in [1.29, 1.82) is 0 Å². The van der Waals surface area contributed by atoms with E-state index in [9.17, 15) is 9.18 Å². The van der Waals surface area contributed by atoms with Crippen molar-refractivity contribution in [3.63, 3.8) is 0 Å². The highest BCUT2D eigenvalue weighted by Crippen LogP contribution is 2.03. The number of hydrogen-bond donors (Lipinski definition) is 0. The number of rotatable bonds is 1. The van der Waals surface area contributed by atoms with Gasteiger partial charge in [-0.3, -0.25) is 4.79 Å². The Morgan fingerprint density at radius 2 is 2.60 bits per heavy atom. The number of benzene rings is 1. The molecule has 0 fully saturated rings. The van der Waals surface area contributed by atoms with E-state index in [2.05, 4.69) is 0 Å². The minimum atomic E-state index is -3.12. The summed E-state index contributed by atoms with van der Waals surface area (Å²) in [5.74, 6) is -3.04. The molecule has 2 heteroatoms. The van der Waals surface area contributed by atoms with Crippen molar-refractivity contribution in [3.05, 3.63) is 35.6 Å². The first-order chi connectivity index (χ1) is 7.59. The summed E-state index contributed by atoms with van der Waals surface area (Å²) in [6, 6.07) is -3.95. The minimum Gasteiger partial charge on any atom is -0.295 e. The van der Waals surface area contributed by atoms with Gasteiger partial charge in [-0.15, -0.1) is 0 Å². The molecule has 1 aromatic carbocycles. The van der Waals surface area contributed by atoms with Gasteiger partial charge in [-0.1, -0.05) is 12.1 Å². The van der Waals surface area contributed by atoms with Gasteiger partial charge >= 0.3 is 0 Å². The Labute approximate surface area is 68.3 Å². The molecule has 0 aliphatic rings. The lowest BCUT2D eigenvalue weighted by atomic mass is 10.1. The van der Waals surface area contributed by atoms with Crippen molar-refractivity contribution < 1.29 is 18.8 Å². The number of carbonyl (C=O) groups excluding carboxylic acids is 1. The van der Waals surface area contributed by atoms with E-state index in [0.29, 0.717) is 0 Å². The summed E-state index contributed by atoms with van der Waals surface area (Å²) in [7, 11) is 0. The van der Waals surface area contributed by atoms with Crippen molar-refractivity contribution in [3.8, 4) is 0 Å². The van der Waals surface area contributed by atoms with E-state index in [1.165, 1.54) is 0 Å². The van der Waals surface area contributed by atoms with Gasteiger partial charge in [0, 0.05) is 9.68 Å². The number of carbonyl (C=O) groups is 1. The van der Waals surface area contributed by atoms with Crippen LogP contribution in [-0.4, -0.2) is 5.78 Å². The molecule has 1 aromatic rings. The Morgan fingerprint density at radius 1 is 1.80 bits per heavy atom. The zero-order valence-corrected chi connectivity index (χ0v) is 4.79. The van der Waals surface area contributed by atoms with Gasteiger partial charge in [0.2, 0.25) is 0 Å². The monoisotopic (exact) mass is 145 g/mol. The third-order valence-corrected chi connectivity index (χ3v) is 0.822. The Hall–Kier alpha value is -1.18. The van der Waals surface area contributed by atoms with Gasteiger partial charge in [0.25, 0.3) is 0 Å². The quantitative estimate of drug-likeness (QED) is 0.552. The van der Waals surface area contributed by atoms with Gasteiger partial charge in [0.1, 0.15) is 5.82 Å². The molecule has 0 saturated carbocycles. The van der Waals surface area contributed by atoms with Crippen LogP contribution in [0, 0.1) is 5.82 Å². The fourth-order valence-electron chi connectivity index (χ4n) is 0.434. The van der Waals surface area contributed by atoms with E-state index in [4.69, 9.17) is 9.60 Å². The molecule has 1 nitrogen and oxygen atoms in total. The molecule has 0 aliphatic carbocycles. The average molecular weight is 145 g/mol. The molecule has 0 aromatic heterocycles. The molecule has 0 aliphatic heterocycles. The van der Waals surface area contributed by atoms with Crippen LogP contribution < -0.4 is 0 Å². The fraction of sp³-hybridized carbons (Fsp3) is 0.125. The van der Waals surface area contributed by atoms with Gasteiger partial charge in [0.15, 0.2) is 5.78 Å². The zero-order chi connectivity index (χ0) is 13.5. The molecular formula is C8H7FO. The second kappa shape index (κ2) is 2.60. The summed E-state index contributed by atoms with van der Waals surface area (Å²) < 4.78 is 62.6. The van der Waals surface area contributed by atoms with Crippen molar-refractivity contribution >= 4 is 5.78 Å². The summed E-state index contributed by atoms with van der Waals surface area (Å²) in [6.45, 7) is -3.12. The zero-order valence-electron chi connectivity index (χ0n) is 11.8. The fourth-order valence-corrected chi connectivity index (χ4v) is 0.434. The molecule has 0 atom stereocenters. The standard InChI is InChI=1S/C8H7FO/c1-6(10)7-3-2-4-8(9)5-7/h2-5H,1H3/i1D3,2D,3D,4D,5D. The first kappa shape index (κ1) is 2.16. The molecular weight excluding hydrogens is 131 g/mol. The van der Waals surface area contributed by atoms with E-state index < -0.39 is 48.2 Å². The van der Waals surface area contributed by atoms with Crippen molar-refractivity contribution in [1.82, 2.24) is 0 Å². The minimum absolute atomic E-state index is 0.911. The number of ketones is 1. The largest absolute Gasteiger partial charge is 0.295 e. The summed E-state index contributed by atoms with van der Waals surface area (Å²) in [4.78, 5) is 11.4. The van der Waals surface area contributed by atoms with Crippen LogP contribution >= 0.6 is 0 Å². The summed E-state index contributed by atoms with van der Waals surface area (Å²) in [5, 5.41) is 0. The molecule has 52 valence electrons. The van der Waals surface area contributed by atoms with E-state index in [1.54, 1.807) is 0 Å². The lowest BCUT2D eigenvalue weighted by Gasteiger charge is -1.92. The number of halogens is 1. The maximum absolute atomic E-state index is 13.3. The van der Waals surface area contributed by atoms with Crippen molar-refractivity contribution in [2.24, 2.45) is 0 Å². The SMILES string of the molecule is [2H]c1c([2H])c(F)c([2H])c(C(=O)C([2H])([2H])[2H])c1[2H]. The second-order valence-electron chi connectivity index (χ2n) is 1.52. The first-order valence-electron chi connectivity index (χ1n) is 5.89. The van der Waals surface area contributed by atoms with Crippen LogP contribution in [-0.2, 0) is 0 Å². The van der Waals surface area contributed by atoms with Crippen LogP contribution in [0.2, 0.25) is 0 Å². The van der Waals surface area contributed by atoms with Crippen LogP contribution in [0.1, 0.15) is 26.8 Å². The van der Waals surface area contributed by atoms with Crippen LogP contribution in [0.3, 0.4) is 0 Å². The summed E-state index contributed by atoms with van der Waals surface area (Å²) >= 11 is 0. The lowest BCUT2D eigenvalue weighted by molar-refractivity contribution is 0.101. The van der Waals surface area contributed by atoms with Crippen LogP contribution in [0.5, 0.6) is 0 Å². The molecule has 0 bridgehead atoms. The van der Waals surface area contributed by atoms with Crippen molar-refractivity contribution in [2.75, 3.05) is 0 Å². The first-order valence-corrected chi connectivity index (χ1v) is 2.39. The smallest absolute Gasteiger partial charge is 0.159 e. The lowest BCUT2D eigenvalue weighted by Crippen LogP contribution is -1.91.